The van der Waals surface area contributed by atoms with Crippen LogP contribution < -0.4 is 4.74 Å². The fourth-order valence-electron chi connectivity index (χ4n) is 3.79. The molecule has 4 rings (SSSR count). The Morgan fingerprint density at radius 2 is 1.87 bits per heavy atom. The molecule has 4 aromatic rings. The fourth-order valence-corrected chi connectivity index (χ4v) is 3.96. The molecule has 0 aliphatic heterocycles. The van der Waals surface area contributed by atoms with Crippen LogP contribution >= 0.6 is 11.6 Å². The topological polar surface area (TPSA) is 55.0 Å². The normalized spacial score (nSPS) is 11.0. The zero-order chi connectivity index (χ0) is 21.1. The van der Waals surface area contributed by atoms with Gasteiger partial charge in [0.15, 0.2) is 0 Å². The maximum absolute atomic E-state index is 12.4. The smallest absolute Gasteiger partial charge is 0.311 e. The highest BCUT2D eigenvalue weighted by atomic mass is 35.5. The first-order valence-electron chi connectivity index (χ1n) is 10.00. The van der Waals surface area contributed by atoms with Crippen LogP contribution in [-0.2, 0) is 11.2 Å². The molecule has 1 N–H and O–H groups in total. The largest absolute Gasteiger partial charge is 0.427 e. The summed E-state index contributed by atoms with van der Waals surface area (Å²) in [5, 5.41) is 1.75. The van der Waals surface area contributed by atoms with Crippen LogP contribution in [0.3, 0.4) is 0 Å². The second kappa shape index (κ2) is 8.72. The van der Waals surface area contributed by atoms with Crippen molar-refractivity contribution in [1.29, 1.82) is 0 Å². The Kier molecular flexibility index (Phi) is 5.86. The number of hydrogen-bond donors (Lipinski definition) is 1. The summed E-state index contributed by atoms with van der Waals surface area (Å²) in [5.74, 6) is 0.378. The molecule has 0 spiro atoms. The molecule has 0 amide bonds. The SMILES string of the molecule is Cc1cc(C)cc(OC(=O)CCCc2c(-c3ccccn3)[nH]c3ccc(Cl)cc23)c1. The number of esters is 1. The Hall–Kier alpha value is -3.11. The van der Waals surface area contributed by atoms with E-state index in [1.54, 1.807) is 6.20 Å². The van der Waals surface area contributed by atoms with Crippen molar-refractivity contribution in [2.24, 2.45) is 0 Å². The lowest BCUT2D eigenvalue weighted by Crippen LogP contribution is -2.08. The highest BCUT2D eigenvalue weighted by Crippen LogP contribution is 2.32. The third-order valence-electron chi connectivity index (χ3n) is 5.02. The van der Waals surface area contributed by atoms with Gasteiger partial charge < -0.3 is 9.72 Å². The van der Waals surface area contributed by atoms with Gasteiger partial charge in [0.05, 0.1) is 11.4 Å². The minimum atomic E-state index is -0.225. The van der Waals surface area contributed by atoms with Crippen molar-refractivity contribution in [2.75, 3.05) is 0 Å². The number of fused-ring (bicyclic) bond motifs is 1. The molecule has 0 saturated carbocycles. The number of ether oxygens (including phenoxy) is 1. The number of carbonyl (C=O) groups excluding carboxylic acids is 1. The molecule has 0 fully saturated rings. The zero-order valence-corrected chi connectivity index (χ0v) is 17.8. The van der Waals surface area contributed by atoms with E-state index in [0.717, 1.165) is 39.0 Å². The van der Waals surface area contributed by atoms with E-state index in [9.17, 15) is 4.79 Å². The number of nitrogens with zero attached hydrogens (tertiary/aromatic N) is 1. The van der Waals surface area contributed by atoms with Gasteiger partial charge in [-0.25, -0.2) is 0 Å². The van der Waals surface area contributed by atoms with Gasteiger partial charge >= 0.3 is 5.97 Å². The van der Waals surface area contributed by atoms with Gasteiger partial charge in [-0.15, -0.1) is 0 Å². The standard InChI is InChI=1S/C25H23ClN2O2/c1-16-12-17(2)14-19(13-16)30-24(29)8-5-6-20-21-15-18(26)9-10-22(21)28-25(20)23-7-3-4-11-27-23/h3-4,7,9-15,28H,5-6,8H2,1-2H3. The molecule has 2 aromatic carbocycles. The number of aryl methyl sites for hydroxylation is 3. The minimum absolute atomic E-state index is 0.225. The van der Waals surface area contributed by atoms with Crippen molar-refractivity contribution in [3.63, 3.8) is 0 Å². The Balaban J connectivity index is 1.52. The van der Waals surface area contributed by atoms with Crippen LogP contribution in [0, 0.1) is 13.8 Å². The zero-order valence-electron chi connectivity index (χ0n) is 17.0. The quantitative estimate of drug-likeness (QED) is 0.290. The van der Waals surface area contributed by atoms with Gasteiger partial charge in [-0.1, -0.05) is 23.7 Å². The van der Waals surface area contributed by atoms with Gasteiger partial charge in [0.1, 0.15) is 5.75 Å². The van der Waals surface area contributed by atoms with Crippen molar-refractivity contribution in [3.05, 3.63) is 82.5 Å². The van der Waals surface area contributed by atoms with Crippen LogP contribution in [-0.4, -0.2) is 15.9 Å². The van der Waals surface area contributed by atoms with E-state index in [-0.39, 0.29) is 5.97 Å². The molecule has 30 heavy (non-hydrogen) atoms. The number of benzene rings is 2. The van der Waals surface area contributed by atoms with Gasteiger partial charge in [0.25, 0.3) is 0 Å². The first-order chi connectivity index (χ1) is 14.5. The van der Waals surface area contributed by atoms with Crippen molar-refractivity contribution < 1.29 is 9.53 Å². The molecule has 0 atom stereocenters. The average Bonchev–Trinajstić information content (AvgIpc) is 3.06. The second-order valence-corrected chi connectivity index (χ2v) is 7.97. The monoisotopic (exact) mass is 418 g/mol. The number of H-pyrrole nitrogens is 1. The summed E-state index contributed by atoms with van der Waals surface area (Å²) < 4.78 is 5.54. The van der Waals surface area contributed by atoms with Crippen molar-refractivity contribution >= 4 is 28.5 Å². The van der Waals surface area contributed by atoms with Crippen LogP contribution in [0.2, 0.25) is 5.02 Å². The molecule has 0 saturated heterocycles. The molecule has 2 heterocycles. The van der Waals surface area contributed by atoms with E-state index in [2.05, 4.69) is 16.0 Å². The number of rotatable bonds is 6. The molecule has 0 bridgehead atoms. The summed E-state index contributed by atoms with van der Waals surface area (Å²) >= 11 is 6.24. The number of carbonyl (C=O) groups is 1. The summed E-state index contributed by atoms with van der Waals surface area (Å²) in [6.07, 6.45) is 3.50. The van der Waals surface area contributed by atoms with Gasteiger partial charge in [-0.2, -0.15) is 0 Å². The summed E-state index contributed by atoms with van der Waals surface area (Å²) in [5.41, 5.74) is 6.12. The molecule has 0 aliphatic carbocycles. The number of hydrogen-bond acceptors (Lipinski definition) is 3. The highest BCUT2D eigenvalue weighted by Gasteiger charge is 2.15. The van der Waals surface area contributed by atoms with Crippen molar-refractivity contribution in [1.82, 2.24) is 9.97 Å². The summed E-state index contributed by atoms with van der Waals surface area (Å²) in [6, 6.07) is 17.5. The Morgan fingerprint density at radius 1 is 1.07 bits per heavy atom. The van der Waals surface area contributed by atoms with E-state index in [1.807, 2.05) is 62.4 Å². The van der Waals surface area contributed by atoms with Crippen LogP contribution in [0.1, 0.15) is 29.5 Å². The number of pyridine rings is 1. The summed E-state index contributed by atoms with van der Waals surface area (Å²) in [7, 11) is 0. The lowest BCUT2D eigenvalue weighted by Gasteiger charge is -2.08. The maximum Gasteiger partial charge on any atom is 0.311 e. The van der Waals surface area contributed by atoms with Gasteiger partial charge in [-0.05, 0) is 85.8 Å². The predicted molar refractivity (Wildman–Crippen MR) is 121 cm³/mol. The van der Waals surface area contributed by atoms with E-state index >= 15 is 0 Å². The lowest BCUT2D eigenvalue weighted by atomic mass is 10.0. The fraction of sp³-hybridized carbons (Fsp3) is 0.200. The molecule has 0 radical (unpaired) electrons. The summed E-state index contributed by atoms with van der Waals surface area (Å²) in [6.45, 7) is 3.98. The Labute approximate surface area is 180 Å². The highest BCUT2D eigenvalue weighted by molar-refractivity contribution is 6.31. The second-order valence-electron chi connectivity index (χ2n) is 7.53. The van der Waals surface area contributed by atoms with E-state index < -0.39 is 0 Å². The lowest BCUT2D eigenvalue weighted by molar-refractivity contribution is -0.134. The first kappa shape index (κ1) is 20.2. The Morgan fingerprint density at radius 3 is 2.60 bits per heavy atom. The number of halogens is 1. The van der Waals surface area contributed by atoms with E-state index in [4.69, 9.17) is 16.3 Å². The Bertz CT molecular complexity index is 1180. The molecule has 4 nitrogen and oxygen atoms in total. The minimum Gasteiger partial charge on any atom is -0.427 e. The van der Waals surface area contributed by atoms with E-state index in [0.29, 0.717) is 30.0 Å². The average molecular weight is 419 g/mol. The third-order valence-corrected chi connectivity index (χ3v) is 5.26. The van der Waals surface area contributed by atoms with Crippen LogP contribution in [0.5, 0.6) is 5.75 Å². The summed E-state index contributed by atoms with van der Waals surface area (Å²) in [4.78, 5) is 20.3. The van der Waals surface area contributed by atoms with Crippen molar-refractivity contribution in [2.45, 2.75) is 33.1 Å². The molecule has 2 aromatic heterocycles. The number of aromatic nitrogens is 2. The van der Waals surface area contributed by atoms with Crippen LogP contribution in [0.15, 0.2) is 60.8 Å². The molecular formula is C25H23ClN2O2. The maximum atomic E-state index is 12.4. The molecule has 152 valence electrons. The molecule has 0 aliphatic rings. The number of nitrogens with one attached hydrogen (secondary N) is 1. The first-order valence-corrected chi connectivity index (χ1v) is 10.4. The van der Waals surface area contributed by atoms with Crippen LogP contribution in [0.4, 0.5) is 0 Å². The molecule has 0 unspecified atom stereocenters. The third kappa shape index (κ3) is 4.55. The predicted octanol–water partition coefficient (Wildman–Crippen LogP) is 6.43. The van der Waals surface area contributed by atoms with Gasteiger partial charge in [0, 0.05) is 28.5 Å². The van der Waals surface area contributed by atoms with Gasteiger partial charge in [0.2, 0.25) is 0 Å². The van der Waals surface area contributed by atoms with Crippen molar-refractivity contribution in [3.8, 4) is 17.1 Å². The number of aromatic amines is 1. The molecular weight excluding hydrogens is 396 g/mol. The van der Waals surface area contributed by atoms with E-state index in [1.165, 1.54) is 0 Å². The molecule has 5 heteroatoms. The van der Waals surface area contributed by atoms with Gasteiger partial charge in [-0.3, -0.25) is 9.78 Å². The van der Waals surface area contributed by atoms with Crippen LogP contribution in [0.25, 0.3) is 22.3 Å².